The summed E-state index contributed by atoms with van der Waals surface area (Å²) < 4.78 is 14.0. The summed E-state index contributed by atoms with van der Waals surface area (Å²) in [6.07, 6.45) is 0. The van der Waals surface area contributed by atoms with Crippen LogP contribution in [-0.4, -0.2) is 18.0 Å². The van der Waals surface area contributed by atoms with Crippen molar-refractivity contribution in [2.75, 3.05) is 11.9 Å². The van der Waals surface area contributed by atoms with Crippen molar-refractivity contribution < 1.29 is 9.18 Å². The normalized spacial score (nSPS) is 12.2. The number of ketones is 1. The molecule has 2 rings (SSSR count). The Bertz CT molecular complexity index is 796. The second-order valence-electron chi connectivity index (χ2n) is 6.59. The van der Waals surface area contributed by atoms with Gasteiger partial charge in [-0.3, -0.25) is 4.79 Å². The molecule has 0 aliphatic carbocycles. The molecule has 0 saturated carbocycles. The first kappa shape index (κ1) is 19.4. The van der Waals surface area contributed by atoms with E-state index in [1.807, 2.05) is 0 Å². The summed E-state index contributed by atoms with van der Waals surface area (Å²) in [5.41, 5.74) is 0.470. The Balaban J connectivity index is 2.31. The van der Waals surface area contributed by atoms with Crippen molar-refractivity contribution in [3.8, 4) is 0 Å². The van der Waals surface area contributed by atoms with Crippen LogP contribution in [0.25, 0.3) is 0 Å². The first-order valence-electron chi connectivity index (χ1n) is 7.73. The highest BCUT2D eigenvalue weighted by atomic mass is 35.5. The summed E-state index contributed by atoms with van der Waals surface area (Å²) in [6, 6.07) is 11.2. The van der Waals surface area contributed by atoms with Crippen molar-refractivity contribution in [2.45, 2.75) is 20.8 Å². The maximum absolute atomic E-state index is 14.0. The van der Waals surface area contributed by atoms with Gasteiger partial charge in [0.25, 0.3) is 0 Å². The lowest BCUT2D eigenvalue weighted by Crippen LogP contribution is -2.33. The molecule has 0 heterocycles. The van der Waals surface area contributed by atoms with E-state index in [2.05, 4.69) is 10.3 Å². The number of hydrogen-bond donors (Lipinski definition) is 1. The van der Waals surface area contributed by atoms with Gasteiger partial charge in [-0.05, 0) is 42.5 Å². The Morgan fingerprint density at radius 3 is 2.24 bits per heavy atom. The molecule has 6 heteroatoms. The standard InChI is InChI=1S/C19H19Cl2FN2O/c1-19(2,3)18(25)17(11-23-14-7-4-12(20)5-8-14)24-16-9-6-13(21)10-15(16)22/h4-10,23H,11H2,1-3H3. The van der Waals surface area contributed by atoms with Crippen molar-refractivity contribution >= 4 is 46.1 Å². The molecule has 0 aromatic heterocycles. The predicted octanol–water partition coefficient (Wildman–Crippen LogP) is 5.93. The van der Waals surface area contributed by atoms with Crippen molar-refractivity contribution in [3.05, 3.63) is 58.3 Å². The number of hydrogen-bond acceptors (Lipinski definition) is 3. The summed E-state index contributed by atoms with van der Waals surface area (Å²) >= 11 is 11.6. The molecule has 2 aromatic carbocycles. The minimum Gasteiger partial charge on any atom is -0.379 e. The number of rotatable bonds is 5. The van der Waals surface area contributed by atoms with E-state index in [0.29, 0.717) is 5.02 Å². The van der Waals surface area contributed by atoms with E-state index in [-0.39, 0.29) is 28.7 Å². The van der Waals surface area contributed by atoms with Crippen LogP contribution in [0.4, 0.5) is 15.8 Å². The summed E-state index contributed by atoms with van der Waals surface area (Å²) in [4.78, 5) is 16.9. The summed E-state index contributed by atoms with van der Waals surface area (Å²) in [5.74, 6) is -0.735. The van der Waals surface area contributed by atoms with Gasteiger partial charge in [-0.1, -0.05) is 44.0 Å². The van der Waals surface area contributed by atoms with Crippen LogP contribution < -0.4 is 5.32 Å². The third kappa shape index (κ3) is 5.55. The van der Waals surface area contributed by atoms with Crippen molar-refractivity contribution in [1.82, 2.24) is 0 Å². The van der Waals surface area contributed by atoms with E-state index in [1.165, 1.54) is 18.2 Å². The van der Waals surface area contributed by atoms with Crippen molar-refractivity contribution in [3.63, 3.8) is 0 Å². The molecule has 3 nitrogen and oxygen atoms in total. The number of nitrogens with zero attached hydrogens (tertiary/aromatic N) is 1. The first-order valence-corrected chi connectivity index (χ1v) is 8.49. The van der Waals surface area contributed by atoms with Gasteiger partial charge in [0.2, 0.25) is 0 Å². The molecule has 0 aliphatic rings. The number of Topliss-reactive ketones (excluding diaryl/α,β-unsaturated/α-hetero) is 1. The van der Waals surface area contributed by atoms with E-state index in [4.69, 9.17) is 23.2 Å². The monoisotopic (exact) mass is 380 g/mol. The van der Waals surface area contributed by atoms with Crippen LogP contribution in [0, 0.1) is 11.2 Å². The molecule has 0 aliphatic heterocycles. The molecular weight excluding hydrogens is 362 g/mol. The fourth-order valence-electron chi connectivity index (χ4n) is 2.07. The molecule has 0 radical (unpaired) electrons. The molecule has 132 valence electrons. The number of anilines is 1. The highest BCUT2D eigenvalue weighted by Crippen LogP contribution is 2.24. The van der Waals surface area contributed by atoms with Gasteiger partial charge >= 0.3 is 0 Å². The molecule has 0 spiro atoms. The van der Waals surface area contributed by atoms with E-state index in [0.717, 1.165) is 5.69 Å². The predicted molar refractivity (Wildman–Crippen MR) is 103 cm³/mol. The van der Waals surface area contributed by atoms with Crippen LogP contribution in [0.3, 0.4) is 0 Å². The minimum absolute atomic E-state index is 0.0786. The minimum atomic E-state index is -0.636. The Hall–Kier alpha value is -1.91. The van der Waals surface area contributed by atoms with Gasteiger partial charge in [0.05, 0.1) is 12.2 Å². The quantitative estimate of drug-likeness (QED) is 0.652. The second-order valence-corrected chi connectivity index (χ2v) is 7.47. The topological polar surface area (TPSA) is 41.5 Å². The second kappa shape index (κ2) is 7.98. The Morgan fingerprint density at radius 1 is 1.08 bits per heavy atom. The zero-order valence-corrected chi connectivity index (χ0v) is 15.7. The van der Waals surface area contributed by atoms with E-state index in [9.17, 15) is 9.18 Å². The molecule has 0 amide bonds. The number of benzene rings is 2. The average Bonchev–Trinajstić information content (AvgIpc) is 2.53. The number of carbonyl (C=O) groups is 1. The van der Waals surface area contributed by atoms with Gasteiger partial charge < -0.3 is 5.32 Å². The van der Waals surface area contributed by atoms with Crippen LogP contribution in [0.15, 0.2) is 47.5 Å². The lowest BCUT2D eigenvalue weighted by molar-refractivity contribution is -0.119. The Kier molecular flexibility index (Phi) is 6.20. The lowest BCUT2D eigenvalue weighted by Gasteiger charge is -2.19. The maximum Gasteiger partial charge on any atom is 0.184 e. The fourth-order valence-corrected chi connectivity index (χ4v) is 2.36. The van der Waals surface area contributed by atoms with E-state index >= 15 is 0 Å². The largest absolute Gasteiger partial charge is 0.379 e. The fraction of sp³-hybridized carbons (Fsp3) is 0.263. The summed E-state index contributed by atoms with van der Waals surface area (Å²) in [6.45, 7) is 5.56. The first-order chi connectivity index (χ1) is 11.7. The van der Waals surface area contributed by atoms with Crippen LogP contribution >= 0.6 is 23.2 Å². The van der Waals surface area contributed by atoms with Crippen LogP contribution in [0.1, 0.15) is 20.8 Å². The van der Waals surface area contributed by atoms with Gasteiger partial charge in [0.15, 0.2) is 5.78 Å². The van der Waals surface area contributed by atoms with E-state index in [1.54, 1.807) is 45.0 Å². The molecular formula is C19H19Cl2FN2O. The molecule has 0 saturated heterocycles. The third-order valence-corrected chi connectivity index (χ3v) is 3.90. The molecule has 0 unspecified atom stereocenters. The number of carbonyl (C=O) groups excluding carboxylic acids is 1. The molecule has 0 fully saturated rings. The SMILES string of the molecule is CC(C)(C)C(=O)C(CNc1ccc(Cl)cc1)=Nc1ccc(Cl)cc1F. The zero-order valence-electron chi connectivity index (χ0n) is 14.2. The number of aliphatic imine (C=N–C) groups is 1. The third-order valence-electron chi connectivity index (χ3n) is 3.41. The number of halogens is 3. The van der Waals surface area contributed by atoms with Gasteiger partial charge in [0.1, 0.15) is 11.5 Å². The maximum atomic E-state index is 14.0. The summed E-state index contributed by atoms with van der Waals surface area (Å²) in [7, 11) is 0. The molecule has 1 N–H and O–H groups in total. The van der Waals surface area contributed by atoms with Crippen LogP contribution in [0.2, 0.25) is 10.0 Å². The van der Waals surface area contributed by atoms with E-state index < -0.39 is 11.2 Å². The average molecular weight is 381 g/mol. The van der Waals surface area contributed by atoms with Gasteiger partial charge in [-0.15, -0.1) is 0 Å². The lowest BCUT2D eigenvalue weighted by atomic mass is 9.88. The zero-order chi connectivity index (χ0) is 18.6. The van der Waals surface area contributed by atoms with Crippen molar-refractivity contribution in [1.29, 1.82) is 0 Å². The Labute approximate surface area is 156 Å². The Morgan fingerprint density at radius 2 is 1.68 bits per heavy atom. The van der Waals surface area contributed by atoms with Gasteiger partial charge in [-0.2, -0.15) is 0 Å². The molecule has 25 heavy (non-hydrogen) atoms. The molecule has 0 bridgehead atoms. The highest BCUT2D eigenvalue weighted by Gasteiger charge is 2.26. The van der Waals surface area contributed by atoms with Gasteiger partial charge in [-0.25, -0.2) is 9.38 Å². The molecule has 0 atom stereocenters. The van der Waals surface area contributed by atoms with Crippen molar-refractivity contribution in [2.24, 2.45) is 10.4 Å². The van der Waals surface area contributed by atoms with Crippen LogP contribution in [-0.2, 0) is 4.79 Å². The highest BCUT2D eigenvalue weighted by molar-refractivity contribution is 6.43. The smallest absolute Gasteiger partial charge is 0.184 e. The molecule has 2 aromatic rings. The van der Waals surface area contributed by atoms with Crippen LogP contribution in [0.5, 0.6) is 0 Å². The summed E-state index contributed by atoms with van der Waals surface area (Å²) in [5, 5.41) is 4.01. The van der Waals surface area contributed by atoms with Gasteiger partial charge in [0, 0.05) is 21.1 Å². The number of nitrogens with one attached hydrogen (secondary N) is 1.